The number of hydrogen-bond donors (Lipinski definition) is 0. The Kier molecular flexibility index (Phi) is 6.65. The molecule has 0 saturated carbocycles. The molecular formula is C19H22BrClN6O3S. The number of halogens is 2. The van der Waals surface area contributed by atoms with Gasteiger partial charge in [0.25, 0.3) is 0 Å². The maximum Gasteiger partial charge on any atom is 0.320 e. The molecule has 0 atom stereocenters. The summed E-state index contributed by atoms with van der Waals surface area (Å²) >= 11 is 9.25. The summed E-state index contributed by atoms with van der Waals surface area (Å²) in [4.78, 5) is 26.9. The van der Waals surface area contributed by atoms with Crippen LogP contribution in [0.25, 0.3) is 0 Å². The van der Waals surface area contributed by atoms with E-state index >= 15 is 0 Å². The number of urea groups is 1. The molecular weight excluding hydrogens is 508 g/mol. The molecule has 0 aliphatic carbocycles. The topological polar surface area (TPSA) is 90.0 Å². The van der Waals surface area contributed by atoms with Crippen LogP contribution in [0.2, 0.25) is 5.15 Å². The van der Waals surface area contributed by atoms with E-state index in [4.69, 9.17) is 11.6 Å². The lowest BCUT2D eigenvalue weighted by Crippen LogP contribution is -2.57. The highest BCUT2D eigenvalue weighted by Gasteiger charge is 2.32. The van der Waals surface area contributed by atoms with Crippen molar-refractivity contribution in [3.05, 3.63) is 46.3 Å². The zero-order valence-electron chi connectivity index (χ0n) is 16.7. The summed E-state index contributed by atoms with van der Waals surface area (Å²) in [5.41, 5.74) is 0. The van der Waals surface area contributed by atoms with Gasteiger partial charge in [-0.15, -0.1) is 0 Å². The van der Waals surface area contributed by atoms with Gasteiger partial charge in [-0.05, 0) is 24.3 Å². The van der Waals surface area contributed by atoms with E-state index in [1.54, 1.807) is 40.1 Å². The summed E-state index contributed by atoms with van der Waals surface area (Å²) in [7, 11) is -3.56. The van der Waals surface area contributed by atoms with E-state index < -0.39 is 10.0 Å². The average Bonchev–Trinajstić information content (AvgIpc) is 2.79. The predicted molar refractivity (Wildman–Crippen MR) is 121 cm³/mol. The van der Waals surface area contributed by atoms with Crippen molar-refractivity contribution in [1.29, 1.82) is 0 Å². The highest BCUT2D eigenvalue weighted by Crippen LogP contribution is 2.21. The molecule has 2 aliphatic rings. The van der Waals surface area contributed by atoms with Crippen LogP contribution in [-0.2, 0) is 10.0 Å². The summed E-state index contributed by atoms with van der Waals surface area (Å²) in [5, 5.41) is 0.388. The molecule has 0 radical (unpaired) electrons. The molecule has 2 fully saturated rings. The maximum atomic E-state index is 12.9. The summed E-state index contributed by atoms with van der Waals surface area (Å²) in [6, 6.07) is 8.25. The van der Waals surface area contributed by atoms with Crippen molar-refractivity contribution in [2.24, 2.45) is 0 Å². The predicted octanol–water partition coefficient (Wildman–Crippen LogP) is 2.14. The summed E-state index contributed by atoms with van der Waals surface area (Å²) in [6.07, 6.45) is 1.43. The molecule has 2 amide bonds. The van der Waals surface area contributed by atoms with E-state index in [1.165, 1.54) is 10.6 Å². The zero-order valence-corrected chi connectivity index (χ0v) is 19.9. The van der Waals surface area contributed by atoms with Crippen LogP contribution in [0.15, 0.2) is 46.0 Å². The van der Waals surface area contributed by atoms with Crippen molar-refractivity contribution in [2.75, 3.05) is 57.3 Å². The van der Waals surface area contributed by atoms with Crippen LogP contribution in [0, 0.1) is 0 Å². The molecule has 9 nitrogen and oxygen atoms in total. The fraction of sp³-hybridized carbons (Fsp3) is 0.421. The summed E-state index contributed by atoms with van der Waals surface area (Å²) in [6.45, 7) is 3.74. The Balaban J connectivity index is 1.31. The van der Waals surface area contributed by atoms with Gasteiger partial charge in [0, 0.05) is 62.9 Å². The standard InChI is InChI=1S/C19H22BrClN6O3S/c20-15-1-3-16(4-2-15)31(29,30)27-11-9-26(10-12-27)19(28)25-7-5-24(6-8-25)18-13-17(21)22-14-23-18/h1-4,13-14H,5-12H2. The molecule has 0 spiro atoms. The SMILES string of the molecule is O=C(N1CCN(c2cc(Cl)ncn2)CC1)N1CCN(S(=O)(=O)c2ccc(Br)cc2)CC1. The normalized spacial score (nSPS) is 18.3. The van der Waals surface area contributed by atoms with E-state index in [0.29, 0.717) is 44.4 Å². The van der Waals surface area contributed by atoms with Crippen LogP contribution in [-0.4, -0.2) is 90.9 Å². The molecule has 4 rings (SSSR count). The second-order valence-electron chi connectivity index (χ2n) is 7.30. The summed E-state index contributed by atoms with van der Waals surface area (Å²) in [5.74, 6) is 0.749. The monoisotopic (exact) mass is 528 g/mol. The minimum atomic E-state index is -3.56. The molecule has 0 bridgehead atoms. The second-order valence-corrected chi connectivity index (χ2v) is 10.5. The smallest absolute Gasteiger partial charge is 0.320 e. The molecule has 3 heterocycles. The van der Waals surface area contributed by atoms with Crippen LogP contribution in [0.5, 0.6) is 0 Å². The van der Waals surface area contributed by atoms with Crippen LogP contribution in [0.4, 0.5) is 10.6 Å². The van der Waals surface area contributed by atoms with Gasteiger partial charge in [-0.2, -0.15) is 4.31 Å². The Hall–Kier alpha value is -1.95. The van der Waals surface area contributed by atoms with E-state index in [2.05, 4.69) is 30.8 Å². The van der Waals surface area contributed by atoms with Gasteiger partial charge in [-0.1, -0.05) is 27.5 Å². The van der Waals surface area contributed by atoms with Crippen LogP contribution in [0.3, 0.4) is 0 Å². The quantitative estimate of drug-likeness (QED) is 0.566. The molecule has 0 unspecified atom stereocenters. The number of carbonyl (C=O) groups is 1. The Morgan fingerprint density at radius 3 is 2.06 bits per heavy atom. The lowest BCUT2D eigenvalue weighted by Gasteiger charge is -2.40. The Morgan fingerprint density at radius 1 is 0.903 bits per heavy atom. The van der Waals surface area contributed by atoms with Crippen molar-refractivity contribution in [1.82, 2.24) is 24.1 Å². The molecule has 2 aromatic rings. The Bertz CT molecular complexity index is 1040. The van der Waals surface area contributed by atoms with Gasteiger partial charge in [-0.25, -0.2) is 23.2 Å². The number of carbonyl (C=O) groups excluding carboxylic acids is 1. The van der Waals surface area contributed by atoms with Gasteiger partial charge in [0.05, 0.1) is 4.90 Å². The Morgan fingerprint density at radius 2 is 1.48 bits per heavy atom. The van der Waals surface area contributed by atoms with Crippen molar-refractivity contribution in [3.63, 3.8) is 0 Å². The van der Waals surface area contributed by atoms with Crippen LogP contribution in [0.1, 0.15) is 0 Å². The third kappa shape index (κ3) is 4.94. The highest BCUT2D eigenvalue weighted by atomic mass is 79.9. The number of aromatic nitrogens is 2. The van der Waals surface area contributed by atoms with Gasteiger partial charge < -0.3 is 14.7 Å². The second kappa shape index (κ2) is 9.27. The molecule has 2 aliphatic heterocycles. The van der Waals surface area contributed by atoms with Gasteiger partial charge in [-0.3, -0.25) is 0 Å². The van der Waals surface area contributed by atoms with E-state index in [-0.39, 0.29) is 24.0 Å². The number of benzene rings is 1. The van der Waals surface area contributed by atoms with Crippen LogP contribution >= 0.6 is 27.5 Å². The molecule has 166 valence electrons. The minimum Gasteiger partial charge on any atom is -0.353 e. The lowest BCUT2D eigenvalue weighted by molar-refractivity contribution is 0.132. The molecule has 31 heavy (non-hydrogen) atoms. The first-order valence-corrected chi connectivity index (χ1v) is 12.5. The van der Waals surface area contributed by atoms with Crippen molar-refractivity contribution in [3.8, 4) is 0 Å². The zero-order chi connectivity index (χ0) is 22.0. The minimum absolute atomic E-state index is 0.0546. The van der Waals surface area contributed by atoms with Crippen LogP contribution < -0.4 is 4.90 Å². The number of anilines is 1. The largest absolute Gasteiger partial charge is 0.353 e. The van der Waals surface area contributed by atoms with E-state index in [9.17, 15) is 13.2 Å². The van der Waals surface area contributed by atoms with E-state index in [1.807, 2.05) is 0 Å². The third-order valence-corrected chi connectivity index (χ3v) is 8.10. The van der Waals surface area contributed by atoms with Gasteiger partial charge in [0.2, 0.25) is 10.0 Å². The molecule has 12 heteroatoms. The van der Waals surface area contributed by atoms with Crippen molar-refractivity contribution >= 4 is 49.4 Å². The fourth-order valence-corrected chi connectivity index (χ4v) is 5.53. The van der Waals surface area contributed by atoms with E-state index in [0.717, 1.165) is 10.3 Å². The number of amides is 2. The number of sulfonamides is 1. The van der Waals surface area contributed by atoms with Crippen molar-refractivity contribution in [2.45, 2.75) is 4.90 Å². The third-order valence-electron chi connectivity index (χ3n) is 5.45. The first kappa shape index (κ1) is 22.3. The number of hydrogen-bond acceptors (Lipinski definition) is 6. The first-order valence-electron chi connectivity index (χ1n) is 9.87. The lowest BCUT2D eigenvalue weighted by atomic mass is 10.3. The fourth-order valence-electron chi connectivity index (χ4n) is 3.70. The molecule has 0 N–H and O–H groups in total. The number of nitrogens with zero attached hydrogens (tertiary/aromatic N) is 6. The van der Waals surface area contributed by atoms with Gasteiger partial charge in [0.15, 0.2) is 0 Å². The summed E-state index contributed by atoms with van der Waals surface area (Å²) < 4.78 is 28.0. The highest BCUT2D eigenvalue weighted by molar-refractivity contribution is 9.10. The first-order chi connectivity index (χ1) is 14.8. The molecule has 2 saturated heterocycles. The average molecular weight is 530 g/mol. The molecule has 1 aromatic heterocycles. The Labute approximate surface area is 194 Å². The molecule has 1 aromatic carbocycles. The number of piperazine rings is 2. The van der Waals surface area contributed by atoms with Gasteiger partial charge >= 0.3 is 6.03 Å². The maximum absolute atomic E-state index is 12.9. The van der Waals surface area contributed by atoms with Gasteiger partial charge in [0.1, 0.15) is 17.3 Å². The number of rotatable bonds is 3. The van der Waals surface area contributed by atoms with Crippen molar-refractivity contribution < 1.29 is 13.2 Å².